The van der Waals surface area contributed by atoms with Gasteiger partial charge in [-0.05, 0) is 77.0 Å². The van der Waals surface area contributed by atoms with Crippen LogP contribution in [0.2, 0.25) is 0 Å². The maximum Gasteiger partial charge on any atom is 0.122 e. The number of rotatable bonds is 9. The molecule has 3 nitrogen and oxygen atoms in total. The Morgan fingerprint density at radius 1 is 1.24 bits per heavy atom. The molecule has 0 fully saturated rings. The zero-order chi connectivity index (χ0) is 15.1. The van der Waals surface area contributed by atoms with Gasteiger partial charge < -0.3 is 15.0 Å². The Kier molecular flexibility index (Phi) is 6.52. The highest BCUT2D eigenvalue weighted by molar-refractivity contribution is 5.39. The highest BCUT2D eigenvalue weighted by Crippen LogP contribution is 2.25. The van der Waals surface area contributed by atoms with E-state index < -0.39 is 0 Å². The first-order chi connectivity index (χ1) is 10.2. The van der Waals surface area contributed by atoms with Crippen LogP contribution in [-0.2, 0) is 12.8 Å². The van der Waals surface area contributed by atoms with E-state index in [1.54, 1.807) is 0 Å². The summed E-state index contributed by atoms with van der Waals surface area (Å²) in [6.45, 7) is 8.74. The fraction of sp³-hybridized carbons (Fsp3) is 0.667. The molecule has 118 valence electrons. The van der Waals surface area contributed by atoms with E-state index in [1.165, 1.54) is 30.5 Å². The molecule has 0 atom stereocenters. The Morgan fingerprint density at radius 3 is 2.90 bits per heavy atom. The minimum absolute atomic E-state index is 0.654. The Balaban J connectivity index is 1.54. The summed E-state index contributed by atoms with van der Waals surface area (Å²) in [5.74, 6) is 1.08. The fourth-order valence-electron chi connectivity index (χ4n) is 2.62. The molecule has 0 bridgehead atoms. The van der Waals surface area contributed by atoms with Crippen molar-refractivity contribution < 1.29 is 4.74 Å². The maximum absolute atomic E-state index is 5.54. The van der Waals surface area contributed by atoms with Crippen LogP contribution in [0.25, 0.3) is 0 Å². The van der Waals surface area contributed by atoms with Crippen LogP contribution in [-0.4, -0.2) is 44.2 Å². The highest BCUT2D eigenvalue weighted by Gasteiger charge is 2.11. The number of nitrogens with one attached hydrogen (secondary N) is 1. The van der Waals surface area contributed by atoms with E-state index in [4.69, 9.17) is 4.74 Å². The maximum atomic E-state index is 5.54. The van der Waals surface area contributed by atoms with Crippen molar-refractivity contribution in [2.24, 2.45) is 0 Å². The normalized spacial score (nSPS) is 13.8. The van der Waals surface area contributed by atoms with Crippen molar-refractivity contribution in [2.45, 2.75) is 45.6 Å². The van der Waals surface area contributed by atoms with E-state index in [9.17, 15) is 0 Å². The number of benzene rings is 1. The van der Waals surface area contributed by atoms with E-state index >= 15 is 0 Å². The molecule has 1 aliphatic rings. The van der Waals surface area contributed by atoms with Gasteiger partial charge in [-0.2, -0.15) is 0 Å². The monoisotopic (exact) mass is 290 g/mol. The second-order valence-electron chi connectivity index (χ2n) is 6.32. The Bertz CT molecular complexity index is 431. The predicted octanol–water partition coefficient (Wildman–Crippen LogP) is 2.87. The number of fused-ring (bicyclic) bond motifs is 1. The second kappa shape index (κ2) is 8.40. The van der Waals surface area contributed by atoms with Crippen LogP contribution in [0.3, 0.4) is 0 Å². The molecule has 0 aliphatic carbocycles. The van der Waals surface area contributed by atoms with Crippen LogP contribution >= 0.6 is 0 Å². The van der Waals surface area contributed by atoms with Gasteiger partial charge in [0.2, 0.25) is 0 Å². The standard InChI is InChI=1S/C18H30N2O/c1-15(2)20(3)12-5-4-10-19-11-8-16-6-7-18-17(14-16)9-13-21-18/h6-7,14-15,19H,4-5,8-13H2,1-3H3. The van der Waals surface area contributed by atoms with Gasteiger partial charge in [0.15, 0.2) is 0 Å². The summed E-state index contributed by atoms with van der Waals surface area (Å²) < 4.78 is 5.54. The lowest BCUT2D eigenvalue weighted by Crippen LogP contribution is -2.28. The van der Waals surface area contributed by atoms with Crippen molar-refractivity contribution >= 4 is 0 Å². The SMILES string of the molecule is CC(C)N(C)CCCCNCCc1ccc2c(c1)CCO2. The molecular formula is C18H30N2O. The lowest BCUT2D eigenvalue weighted by Gasteiger charge is -2.20. The Morgan fingerprint density at radius 2 is 2.10 bits per heavy atom. The van der Waals surface area contributed by atoms with Crippen LogP contribution < -0.4 is 10.1 Å². The van der Waals surface area contributed by atoms with Gasteiger partial charge in [0, 0.05) is 12.5 Å². The molecule has 0 saturated heterocycles. The third kappa shape index (κ3) is 5.33. The van der Waals surface area contributed by atoms with Gasteiger partial charge in [0.1, 0.15) is 5.75 Å². The molecule has 0 saturated carbocycles. The predicted molar refractivity (Wildman–Crippen MR) is 89.2 cm³/mol. The van der Waals surface area contributed by atoms with E-state index in [0.717, 1.165) is 38.3 Å². The van der Waals surface area contributed by atoms with Crippen molar-refractivity contribution in [3.05, 3.63) is 29.3 Å². The summed E-state index contributed by atoms with van der Waals surface area (Å²) in [5.41, 5.74) is 2.80. The fourth-order valence-corrected chi connectivity index (χ4v) is 2.62. The van der Waals surface area contributed by atoms with Gasteiger partial charge in [-0.1, -0.05) is 12.1 Å². The lowest BCUT2D eigenvalue weighted by atomic mass is 10.1. The van der Waals surface area contributed by atoms with Gasteiger partial charge in [0.25, 0.3) is 0 Å². The van der Waals surface area contributed by atoms with Crippen molar-refractivity contribution in [3.8, 4) is 5.75 Å². The molecule has 1 aromatic rings. The molecule has 2 rings (SSSR count). The van der Waals surface area contributed by atoms with Crippen LogP contribution in [0.4, 0.5) is 0 Å². The molecule has 1 aromatic carbocycles. The Hall–Kier alpha value is -1.06. The first kappa shape index (κ1) is 16.3. The van der Waals surface area contributed by atoms with Crippen molar-refractivity contribution in [3.63, 3.8) is 0 Å². The molecule has 0 radical (unpaired) electrons. The summed E-state index contributed by atoms with van der Waals surface area (Å²) in [6.07, 6.45) is 4.71. The summed E-state index contributed by atoms with van der Waals surface area (Å²) >= 11 is 0. The van der Waals surface area contributed by atoms with Gasteiger partial charge in [-0.3, -0.25) is 0 Å². The minimum atomic E-state index is 0.654. The van der Waals surface area contributed by atoms with Crippen molar-refractivity contribution in [1.82, 2.24) is 10.2 Å². The van der Waals surface area contributed by atoms with Gasteiger partial charge in [0.05, 0.1) is 6.61 Å². The van der Waals surface area contributed by atoms with Gasteiger partial charge in [-0.15, -0.1) is 0 Å². The first-order valence-corrected chi connectivity index (χ1v) is 8.32. The molecular weight excluding hydrogens is 260 g/mol. The summed E-state index contributed by atoms with van der Waals surface area (Å²) in [5, 5.41) is 3.55. The Labute approximate surface area is 129 Å². The topological polar surface area (TPSA) is 24.5 Å². The van der Waals surface area contributed by atoms with Crippen molar-refractivity contribution in [2.75, 3.05) is 33.3 Å². The van der Waals surface area contributed by atoms with Crippen molar-refractivity contribution in [1.29, 1.82) is 0 Å². The molecule has 0 amide bonds. The number of unbranched alkanes of at least 4 members (excludes halogenated alkanes) is 1. The number of nitrogens with zero attached hydrogens (tertiary/aromatic N) is 1. The number of hydrogen-bond donors (Lipinski definition) is 1. The summed E-state index contributed by atoms with van der Waals surface area (Å²) in [6, 6.07) is 7.28. The van der Waals surface area contributed by atoms with Crippen LogP contribution in [0.5, 0.6) is 5.75 Å². The van der Waals surface area contributed by atoms with Crippen LogP contribution in [0.15, 0.2) is 18.2 Å². The zero-order valence-electron chi connectivity index (χ0n) is 13.8. The largest absolute Gasteiger partial charge is 0.493 e. The second-order valence-corrected chi connectivity index (χ2v) is 6.32. The molecule has 3 heteroatoms. The summed E-state index contributed by atoms with van der Waals surface area (Å²) in [4.78, 5) is 2.41. The van der Waals surface area contributed by atoms with Gasteiger partial charge in [-0.25, -0.2) is 0 Å². The van der Waals surface area contributed by atoms with E-state index in [1.807, 2.05) is 0 Å². The average molecular weight is 290 g/mol. The molecule has 0 unspecified atom stereocenters. The number of hydrogen-bond acceptors (Lipinski definition) is 3. The molecule has 0 spiro atoms. The third-order valence-corrected chi connectivity index (χ3v) is 4.34. The zero-order valence-corrected chi connectivity index (χ0v) is 13.8. The van der Waals surface area contributed by atoms with Gasteiger partial charge >= 0.3 is 0 Å². The average Bonchev–Trinajstić information content (AvgIpc) is 2.93. The molecule has 0 aromatic heterocycles. The van der Waals surface area contributed by atoms with E-state index in [-0.39, 0.29) is 0 Å². The molecule has 1 heterocycles. The van der Waals surface area contributed by atoms with Crippen LogP contribution in [0.1, 0.15) is 37.8 Å². The molecule has 1 N–H and O–H groups in total. The smallest absolute Gasteiger partial charge is 0.122 e. The van der Waals surface area contributed by atoms with E-state index in [0.29, 0.717) is 6.04 Å². The first-order valence-electron chi connectivity index (χ1n) is 8.32. The minimum Gasteiger partial charge on any atom is -0.493 e. The van der Waals surface area contributed by atoms with E-state index in [2.05, 4.69) is 49.3 Å². The summed E-state index contributed by atoms with van der Waals surface area (Å²) in [7, 11) is 2.20. The lowest BCUT2D eigenvalue weighted by molar-refractivity contribution is 0.268. The highest BCUT2D eigenvalue weighted by atomic mass is 16.5. The number of ether oxygens (including phenoxy) is 1. The van der Waals surface area contributed by atoms with Crippen LogP contribution in [0, 0.1) is 0 Å². The third-order valence-electron chi connectivity index (χ3n) is 4.34. The quantitative estimate of drug-likeness (QED) is 0.708. The molecule has 21 heavy (non-hydrogen) atoms. The molecule has 1 aliphatic heterocycles.